The van der Waals surface area contributed by atoms with Crippen molar-refractivity contribution in [2.75, 3.05) is 18.6 Å². The molecule has 0 radical (unpaired) electrons. The van der Waals surface area contributed by atoms with Gasteiger partial charge in [-0.15, -0.1) is 0 Å². The quantitative estimate of drug-likeness (QED) is 0.362. The van der Waals surface area contributed by atoms with Crippen molar-refractivity contribution < 1.29 is 18.7 Å². The number of anilines is 1. The fourth-order valence-electron chi connectivity index (χ4n) is 5.12. The summed E-state index contributed by atoms with van der Waals surface area (Å²) in [6.45, 7) is -0.0621. The lowest BCUT2D eigenvalue weighted by atomic mass is 9.97. The first kappa shape index (κ1) is 23.0. The molecule has 1 aromatic heterocycles. The summed E-state index contributed by atoms with van der Waals surface area (Å²) in [5.41, 5.74) is 3.81. The zero-order chi connectivity index (χ0) is 25.5. The molecule has 0 saturated heterocycles. The van der Waals surface area contributed by atoms with E-state index in [1.807, 2.05) is 42.6 Å². The van der Waals surface area contributed by atoms with Crippen LogP contribution in [-0.4, -0.2) is 41.0 Å². The minimum Gasteiger partial charge on any atom is -0.497 e. The molecule has 7 heteroatoms. The summed E-state index contributed by atoms with van der Waals surface area (Å²) in [6, 6.07) is 24.5. The number of hydrogen-bond donors (Lipinski definition) is 0. The molecule has 1 unspecified atom stereocenters. The fraction of sp³-hybridized carbons (Fsp3) is 0.200. The van der Waals surface area contributed by atoms with Crippen LogP contribution in [0.15, 0.2) is 91.1 Å². The van der Waals surface area contributed by atoms with Gasteiger partial charge in [0.25, 0.3) is 5.91 Å². The summed E-state index contributed by atoms with van der Waals surface area (Å²) in [7, 11) is 1.56. The molecule has 6 nitrogen and oxygen atoms in total. The monoisotopic (exact) mass is 495 g/mol. The summed E-state index contributed by atoms with van der Waals surface area (Å²) in [5, 5.41) is 0. The van der Waals surface area contributed by atoms with E-state index in [2.05, 4.69) is 4.57 Å². The maximum Gasteiger partial charge on any atom is 0.254 e. The van der Waals surface area contributed by atoms with E-state index in [4.69, 9.17) is 4.74 Å². The number of carbonyl (C=O) groups is 2. The van der Waals surface area contributed by atoms with Gasteiger partial charge in [0.1, 0.15) is 24.2 Å². The molecule has 0 spiro atoms. The Labute approximate surface area is 214 Å². The van der Waals surface area contributed by atoms with E-state index in [1.165, 1.54) is 12.1 Å². The summed E-state index contributed by atoms with van der Waals surface area (Å²) >= 11 is 0. The lowest BCUT2D eigenvalue weighted by Crippen LogP contribution is -2.47. The Morgan fingerprint density at radius 1 is 0.946 bits per heavy atom. The Hall–Kier alpha value is -4.39. The number of carbonyl (C=O) groups excluding carboxylic acids is 2. The Morgan fingerprint density at radius 3 is 2.43 bits per heavy atom. The van der Waals surface area contributed by atoms with E-state index >= 15 is 0 Å². The van der Waals surface area contributed by atoms with Gasteiger partial charge in [0, 0.05) is 17.8 Å². The first-order valence-corrected chi connectivity index (χ1v) is 12.3. The van der Waals surface area contributed by atoms with Gasteiger partial charge in [-0.2, -0.15) is 0 Å². The third-order valence-corrected chi connectivity index (χ3v) is 7.04. The Bertz CT molecular complexity index is 1480. The number of amides is 2. The van der Waals surface area contributed by atoms with Crippen molar-refractivity contribution in [3.05, 3.63) is 114 Å². The van der Waals surface area contributed by atoms with Gasteiger partial charge in [-0.3, -0.25) is 14.5 Å². The number of nitrogens with zero attached hydrogens (tertiary/aromatic N) is 3. The molecule has 1 atom stereocenters. The number of hydrogen-bond acceptors (Lipinski definition) is 3. The van der Waals surface area contributed by atoms with Crippen molar-refractivity contribution in [2.45, 2.75) is 24.9 Å². The average molecular weight is 496 g/mol. The van der Waals surface area contributed by atoms with E-state index in [-0.39, 0.29) is 30.2 Å². The Morgan fingerprint density at radius 2 is 1.70 bits per heavy atom. The van der Waals surface area contributed by atoms with Gasteiger partial charge >= 0.3 is 0 Å². The van der Waals surface area contributed by atoms with Gasteiger partial charge in [-0.25, -0.2) is 4.39 Å². The van der Waals surface area contributed by atoms with Gasteiger partial charge in [-0.05, 0) is 73.0 Å². The van der Waals surface area contributed by atoms with Crippen molar-refractivity contribution in [1.82, 2.24) is 9.47 Å². The minimum atomic E-state index is -0.467. The molecule has 6 rings (SSSR count). The number of benzene rings is 3. The third-order valence-electron chi connectivity index (χ3n) is 7.04. The second kappa shape index (κ2) is 9.24. The number of ether oxygens (including phenoxy) is 1. The normalized spacial score (nSPS) is 16.1. The van der Waals surface area contributed by atoms with Gasteiger partial charge in [0.15, 0.2) is 0 Å². The van der Waals surface area contributed by atoms with Gasteiger partial charge in [0.2, 0.25) is 5.91 Å². The lowest BCUT2D eigenvalue weighted by Gasteiger charge is -2.39. The van der Waals surface area contributed by atoms with Crippen LogP contribution in [0.4, 0.5) is 10.1 Å². The van der Waals surface area contributed by atoms with E-state index in [9.17, 15) is 14.0 Å². The van der Waals surface area contributed by atoms with Gasteiger partial charge < -0.3 is 14.2 Å². The predicted molar refractivity (Wildman–Crippen MR) is 139 cm³/mol. The highest BCUT2D eigenvalue weighted by atomic mass is 19.1. The molecule has 1 fully saturated rings. The molecular formula is C30H26FN3O3. The number of para-hydroxylation sites is 2. The molecule has 3 aromatic carbocycles. The number of methoxy groups -OCH3 is 1. The SMILES string of the molecule is COc1cccc(C(=O)N(CC(=O)N2c3ccccc3-n3cccc3C2c2ccc(F)cc2)C2CC2)c1. The molecule has 4 aromatic rings. The second-order valence-electron chi connectivity index (χ2n) is 9.41. The maximum absolute atomic E-state index is 14.2. The summed E-state index contributed by atoms with van der Waals surface area (Å²) in [4.78, 5) is 31.2. The predicted octanol–water partition coefficient (Wildman–Crippen LogP) is 5.37. The van der Waals surface area contributed by atoms with Gasteiger partial charge in [0.05, 0.1) is 24.2 Å². The zero-order valence-corrected chi connectivity index (χ0v) is 20.4. The van der Waals surface area contributed by atoms with Crippen LogP contribution in [0.1, 0.15) is 40.5 Å². The first-order valence-electron chi connectivity index (χ1n) is 12.3. The molecule has 1 aliphatic heterocycles. The van der Waals surface area contributed by atoms with Crippen LogP contribution in [0.5, 0.6) is 5.75 Å². The molecule has 2 aliphatic rings. The molecule has 2 heterocycles. The number of aromatic nitrogens is 1. The fourth-order valence-corrected chi connectivity index (χ4v) is 5.12. The van der Waals surface area contributed by atoms with Crippen LogP contribution >= 0.6 is 0 Å². The largest absolute Gasteiger partial charge is 0.497 e. The highest BCUT2D eigenvalue weighted by Crippen LogP contribution is 2.42. The minimum absolute atomic E-state index is 0.0239. The number of halogens is 1. The van der Waals surface area contributed by atoms with E-state index in [0.717, 1.165) is 35.5 Å². The first-order chi connectivity index (χ1) is 18.0. The molecule has 1 aliphatic carbocycles. The number of rotatable bonds is 6. The smallest absolute Gasteiger partial charge is 0.254 e. The van der Waals surface area contributed by atoms with E-state index < -0.39 is 6.04 Å². The summed E-state index contributed by atoms with van der Waals surface area (Å²) in [5.74, 6) is -0.133. The molecule has 186 valence electrons. The molecule has 0 N–H and O–H groups in total. The van der Waals surface area contributed by atoms with E-state index in [0.29, 0.717) is 11.3 Å². The van der Waals surface area contributed by atoms with Crippen LogP contribution < -0.4 is 9.64 Å². The van der Waals surface area contributed by atoms with Crippen molar-refractivity contribution in [3.63, 3.8) is 0 Å². The van der Waals surface area contributed by atoms with Crippen molar-refractivity contribution >= 4 is 17.5 Å². The lowest BCUT2D eigenvalue weighted by molar-refractivity contribution is -0.119. The van der Waals surface area contributed by atoms with Crippen molar-refractivity contribution in [1.29, 1.82) is 0 Å². The molecule has 37 heavy (non-hydrogen) atoms. The van der Waals surface area contributed by atoms with Crippen molar-refractivity contribution in [2.24, 2.45) is 0 Å². The Balaban J connectivity index is 1.40. The second-order valence-corrected chi connectivity index (χ2v) is 9.41. The van der Waals surface area contributed by atoms with Gasteiger partial charge in [-0.1, -0.05) is 30.3 Å². The Kier molecular flexibility index (Phi) is 5.75. The van der Waals surface area contributed by atoms with E-state index in [1.54, 1.807) is 53.3 Å². The van der Waals surface area contributed by atoms with Crippen LogP contribution in [-0.2, 0) is 4.79 Å². The maximum atomic E-state index is 14.2. The molecule has 1 saturated carbocycles. The van der Waals surface area contributed by atoms with Crippen LogP contribution in [0.3, 0.4) is 0 Å². The van der Waals surface area contributed by atoms with Crippen molar-refractivity contribution in [3.8, 4) is 11.4 Å². The molecular weight excluding hydrogens is 469 g/mol. The van der Waals surface area contributed by atoms with Crippen LogP contribution in [0.25, 0.3) is 5.69 Å². The summed E-state index contributed by atoms with van der Waals surface area (Å²) in [6.07, 6.45) is 3.70. The standard InChI is InChI=1S/C30H26FN3O3/c1-37-24-7-4-6-21(18-24)30(36)33(23-15-16-23)19-28(35)34-26-9-3-2-8-25(26)32-17-5-10-27(32)29(34)20-11-13-22(31)14-12-20/h2-14,17-18,23,29H,15-16,19H2,1H3. The molecule has 2 amide bonds. The topological polar surface area (TPSA) is 54.8 Å². The highest BCUT2D eigenvalue weighted by Gasteiger charge is 2.40. The molecule has 0 bridgehead atoms. The summed E-state index contributed by atoms with van der Waals surface area (Å²) < 4.78 is 21.2. The van der Waals surface area contributed by atoms with Crippen LogP contribution in [0, 0.1) is 5.82 Å². The number of fused-ring (bicyclic) bond motifs is 3. The van der Waals surface area contributed by atoms with Crippen LogP contribution in [0.2, 0.25) is 0 Å². The third kappa shape index (κ3) is 4.16. The highest BCUT2D eigenvalue weighted by molar-refractivity contribution is 6.03. The zero-order valence-electron chi connectivity index (χ0n) is 20.4. The average Bonchev–Trinajstić information content (AvgIpc) is 3.66.